The van der Waals surface area contributed by atoms with Gasteiger partial charge in [-0.25, -0.2) is 4.39 Å². The molecule has 4 rings (SSSR count). The Hall–Kier alpha value is -4.25. The van der Waals surface area contributed by atoms with Crippen molar-refractivity contribution in [1.29, 1.82) is 0 Å². The third kappa shape index (κ3) is 10.4. The van der Waals surface area contributed by atoms with Crippen molar-refractivity contribution in [3.05, 3.63) is 119 Å². The molecule has 3 N–H and O–H groups in total. The molecule has 4 aromatic rings. The molecule has 0 aliphatic rings. The van der Waals surface area contributed by atoms with Gasteiger partial charge in [-0.2, -0.15) is 8.42 Å². The van der Waals surface area contributed by atoms with Crippen LogP contribution in [0.4, 0.5) is 10.1 Å². The topological polar surface area (TPSA) is 122 Å². The van der Waals surface area contributed by atoms with E-state index in [1.807, 2.05) is 24.3 Å². The molecular formula is C35H36ClFN2O6S. The van der Waals surface area contributed by atoms with Gasteiger partial charge in [-0.15, -0.1) is 0 Å². The van der Waals surface area contributed by atoms with Crippen LogP contribution in [0.2, 0.25) is 5.02 Å². The summed E-state index contributed by atoms with van der Waals surface area (Å²) in [6.07, 6.45) is 0.321. The normalized spacial score (nSPS) is 12.3. The van der Waals surface area contributed by atoms with Crippen molar-refractivity contribution >= 4 is 39.2 Å². The first kappa shape index (κ1) is 34.6. The molecule has 0 saturated heterocycles. The maximum absolute atomic E-state index is 13.7. The van der Waals surface area contributed by atoms with Crippen LogP contribution in [0, 0.1) is 11.2 Å². The molecule has 11 heteroatoms. The SMILES string of the molecule is CC(C)(C)COc1ccc(C(Cc2ccc(C(=O)NCCS(=O)(=O)O)cc2)C(=O)Nc2ccc(-c3ccc(F)cc3Cl)cc2)cc1. The molecule has 0 saturated carbocycles. The standard InChI is InChI=1S/C35H36ClFN2O6S/c1-35(2,3)22-45-29-15-10-25(11-16-29)31(20-23-4-6-26(7-5-23)33(40)38-18-19-46(42,43)44)34(41)39-28-13-8-24(9-14-28)30-17-12-27(37)21-32(30)36/h4-17,21,31H,18-20,22H2,1-3H3,(H,38,40)(H,39,41)(H,42,43,44). The van der Waals surface area contributed by atoms with Gasteiger partial charge in [0.05, 0.1) is 23.3 Å². The summed E-state index contributed by atoms with van der Waals surface area (Å²) in [6.45, 7) is 6.55. The molecule has 0 heterocycles. The third-order valence-electron chi connectivity index (χ3n) is 6.97. The van der Waals surface area contributed by atoms with Crippen molar-refractivity contribution in [2.45, 2.75) is 33.1 Å². The number of ether oxygens (including phenoxy) is 1. The van der Waals surface area contributed by atoms with E-state index >= 15 is 0 Å². The van der Waals surface area contributed by atoms with Crippen molar-refractivity contribution in [3.63, 3.8) is 0 Å². The second kappa shape index (κ2) is 14.9. The third-order valence-corrected chi connectivity index (χ3v) is 8.00. The van der Waals surface area contributed by atoms with Crippen LogP contribution in [-0.4, -0.2) is 43.7 Å². The van der Waals surface area contributed by atoms with E-state index in [9.17, 15) is 22.4 Å². The minimum Gasteiger partial charge on any atom is -0.493 e. The fraction of sp³-hybridized carbons (Fsp3) is 0.257. The van der Waals surface area contributed by atoms with Crippen LogP contribution in [-0.2, 0) is 21.3 Å². The molecule has 0 aromatic heterocycles. The van der Waals surface area contributed by atoms with Crippen LogP contribution in [0.3, 0.4) is 0 Å². The molecule has 4 aromatic carbocycles. The highest BCUT2D eigenvalue weighted by molar-refractivity contribution is 7.85. The monoisotopic (exact) mass is 666 g/mol. The van der Waals surface area contributed by atoms with E-state index in [1.165, 1.54) is 12.1 Å². The summed E-state index contributed by atoms with van der Waals surface area (Å²) in [5.41, 5.74) is 3.86. The van der Waals surface area contributed by atoms with Crippen LogP contribution in [0.25, 0.3) is 11.1 Å². The fourth-order valence-corrected chi connectivity index (χ4v) is 5.20. The Labute approximate surface area is 273 Å². The zero-order chi connectivity index (χ0) is 33.5. The molecule has 0 aliphatic heterocycles. The molecule has 2 amide bonds. The zero-order valence-electron chi connectivity index (χ0n) is 25.7. The first-order valence-corrected chi connectivity index (χ1v) is 16.6. The van der Waals surface area contributed by atoms with E-state index in [-0.39, 0.29) is 22.9 Å². The van der Waals surface area contributed by atoms with Crippen LogP contribution in [0.15, 0.2) is 91.0 Å². The Morgan fingerprint density at radius 2 is 1.59 bits per heavy atom. The lowest BCUT2D eigenvalue weighted by molar-refractivity contribution is -0.117. The van der Waals surface area contributed by atoms with E-state index in [0.29, 0.717) is 35.6 Å². The number of rotatable bonds is 12. The van der Waals surface area contributed by atoms with Gasteiger partial charge in [0.1, 0.15) is 11.6 Å². The van der Waals surface area contributed by atoms with Crippen molar-refractivity contribution in [2.24, 2.45) is 5.41 Å². The highest BCUT2D eigenvalue weighted by Crippen LogP contribution is 2.30. The largest absolute Gasteiger partial charge is 0.493 e. The summed E-state index contributed by atoms with van der Waals surface area (Å²) in [4.78, 5) is 26.1. The predicted molar refractivity (Wildman–Crippen MR) is 179 cm³/mol. The number of halogens is 2. The average molecular weight is 667 g/mol. The van der Waals surface area contributed by atoms with E-state index in [1.54, 1.807) is 54.6 Å². The van der Waals surface area contributed by atoms with Gasteiger partial charge in [0.15, 0.2) is 0 Å². The molecule has 0 spiro atoms. The number of carbonyl (C=O) groups excluding carboxylic acids is 2. The molecule has 0 aliphatic carbocycles. The molecular weight excluding hydrogens is 631 g/mol. The van der Waals surface area contributed by atoms with Crippen molar-refractivity contribution < 1.29 is 31.7 Å². The lowest BCUT2D eigenvalue weighted by Crippen LogP contribution is -2.28. The van der Waals surface area contributed by atoms with Gasteiger partial charge in [0.2, 0.25) is 5.91 Å². The highest BCUT2D eigenvalue weighted by Gasteiger charge is 2.22. The quantitative estimate of drug-likeness (QED) is 0.138. The maximum Gasteiger partial charge on any atom is 0.266 e. The van der Waals surface area contributed by atoms with Gasteiger partial charge in [-0.05, 0) is 83.1 Å². The van der Waals surface area contributed by atoms with Gasteiger partial charge in [0.25, 0.3) is 16.0 Å². The Morgan fingerprint density at radius 3 is 2.17 bits per heavy atom. The first-order chi connectivity index (χ1) is 21.7. The maximum atomic E-state index is 13.7. The van der Waals surface area contributed by atoms with Gasteiger partial charge in [0, 0.05) is 23.4 Å². The van der Waals surface area contributed by atoms with Crippen molar-refractivity contribution in [2.75, 3.05) is 24.2 Å². The smallest absolute Gasteiger partial charge is 0.266 e. The second-order valence-corrected chi connectivity index (χ2v) is 14.1. The highest BCUT2D eigenvalue weighted by atomic mass is 35.5. The van der Waals surface area contributed by atoms with E-state index in [2.05, 4.69) is 31.4 Å². The van der Waals surface area contributed by atoms with Crippen LogP contribution in [0.1, 0.15) is 48.2 Å². The molecule has 1 atom stereocenters. The van der Waals surface area contributed by atoms with E-state index in [0.717, 1.165) is 16.7 Å². The van der Waals surface area contributed by atoms with Gasteiger partial charge in [-0.1, -0.05) is 68.8 Å². The van der Waals surface area contributed by atoms with E-state index < -0.39 is 33.5 Å². The summed E-state index contributed by atoms with van der Waals surface area (Å²) in [6, 6.07) is 25.3. The summed E-state index contributed by atoms with van der Waals surface area (Å²) < 4.78 is 50.1. The van der Waals surface area contributed by atoms with Crippen molar-refractivity contribution in [1.82, 2.24) is 5.32 Å². The molecule has 0 bridgehead atoms. The Bertz CT molecular complexity index is 1770. The lowest BCUT2D eigenvalue weighted by Gasteiger charge is -2.20. The van der Waals surface area contributed by atoms with Crippen LogP contribution in [0.5, 0.6) is 5.75 Å². The molecule has 1 unspecified atom stereocenters. The number of hydrogen-bond donors (Lipinski definition) is 3. The number of benzene rings is 4. The summed E-state index contributed by atoms with van der Waals surface area (Å²) in [7, 11) is -4.19. The number of nitrogens with one attached hydrogen (secondary N) is 2. The van der Waals surface area contributed by atoms with Crippen LogP contribution < -0.4 is 15.4 Å². The molecule has 242 valence electrons. The van der Waals surface area contributed by atoms with Gasteiger partial charge >= 0.3 is 0 Å². The van der Waals surface area contributed by atoms with Gasteiger partial charge < -0.3 is 15.4 Å². The minimum absolute atomic E-state index is 0.0156. The molecule has 8 nitrogen and oxygen atoms in total. The number of hydrogen-bond acceptors (Lipinski definition) is 5. The predicted octanol–water partition coefficient (Wildman–Crippen LogP) is 7.15. The Balaban J connectivity index is 1.52. The van der Waals surface area contributed by atoms with E-state index in [4.69, 9.17) is 20.9 Å². The summed E-state index contributed by atoms with van der Waals surface area (Å²) in [5, 5.41) is 5.73. The molecule has 0 fully saturated rings. The second-order valence-electron chi connectivity index (χ2n) is 12.1. The van der Waals surface area contributed by atoms with Crippen LogP contribution >= 0.6 is 11.6 Å². The van der Waals surface area contributed by atoms with Gasteiger partial charge in [-0.3, -0.25) is 14.1 Å². The zero-order valence-corrected chi connectivity index (χ0v) is 27.3. The Morgan fingerprint density at radius 1 is 0.935 bits per heavy atom. The first-order valence-electron chi connectivity index (χ1n) is 14.6. The molecule has 46 heavy (non-hydrogen) atoms. The summed E-state index contributed by atoms with van der Waals surface area (Å²) in [5.74, 6) is -1.65. The number of amides is 2. The van der Waals surface area contributed by atoms with Crippen molar-refractivity contribution in [3.8, 4) is 16.9 Å². The lowest BCUT2D eigenvalue weighted by atomic mass is 9.90. The summed E-state index contributed by atoms with van der Waals surface area (Å²) >= 11 is 6.22. The average Bonchev–Trinajstić information content (AvgIpc) is 2.99. The molecule has 0 radical (unpaired) electrons. The Kier molecular flexibility index (Phi) is 11.2. The fourth-order valence-electron chi connectivity index (χ4n) is 4.57. The number of anilines is 1. The minimum atomic E-state index is -4.19. The number of carbonyl (C=O) groups is 2.